The van der Waals surface area contributed by atoms with E-state index < -0.39 is 0 Å². The van der Waals surface area contributed by atoms with E-state index in [0.717, 1.165) is 17.8 Å². The van der Waals surface area contributed by atoms with Gasteiger partial charge in [0.25, 0.3) is 0 Å². The Balaban J connectivity index is 1.38. The van der Waals surface area contributed by atoms with Crippen molar-refractivity contribution in [2.24, 2.45) is 17.8 Å². The third-order valence-corrected chi connectivity index (χ3v) is 7.08. The SMILES string of the molecule is c1ccc(CCC(CCCC2CCCC2)CCCC2CCCC2)cc1. The molecule has 0 spiro atoms. The van der Waals surface area contributed by atoms with Crippen molar-refractivity contribution in [3.63, 3.8) is 0 Å². The van der Waals surface area contributed by atoms with E-state index in [1.807, 2.05) is 0 Å². The van der Waals surface area contributed by atoms with Gasteiger partial charge in [-0.3, -0.25) is 0 Å². The number of rotatable bonds is 11. The molecule has 1 aromatic rings. The Kier molecular flexibility index (Phi) is 8.39. The number of hydrogen-bond donors (Lipinski definition) is 0. The van der Waals surface area contributed by atoms with Crippen LogP contribution >= 0.6 is 0 Å². The van der Waals surface area contributed by atoms with Crippen molar-refractivity contribution in [1.82, 2.24) is 0 Å². The summed E-state index contributed by atoms with van der Waals surface area (Å²) in [5.41, 5.74) is 1.54. The van der Waals surface area contributed by atoms with Gasteiger partial charge in [0.15, 0.2) is 0 Å². The van der Waals surface area contributed by atoms with Crippen LogP contribution in [0.1, 0.15) is 102 Å². The molecule has 2 fully saturated rings. The van der Waals surface area contributed by atoms with Gasteiger partial charge in [-0.1, -0.05) is 120 Å². The van der Waals surface area contributed by atoms with E-state index >= 15 is 0 Å². The zero-order valence-corrected chi connectivity index (χ0v) is 16.4. The summed E-state index contributed by atoms with van der Waals surface area (Å²) in [5, 5.41) is 0. The summed E-state index contributed by atoms with van der Waals surface area (Å²) in [6.45, 7) is 0. The molecule has 0 N–H and O–H groups in total. The fourth-order valence-corrected chi connectivity index (χ4v) is 5.44. The largest absolute Gasteiger partial charge is 0.0622 e. The highest BCUT2D eigenvalue weighted by Crippen LogP contribution is 2.33. The predicted molar refractivity (Wildman–Crippen MR) is 110 cm³/mol. The Morgan fingerprint density at radius 2 is 1.20 bits per heavy atom. The van der Waals surface area contributed by atoms with Gasteiger partial charge in [0, 0.05) is 0 Å². The summed E-state index contributed by atoms with van der Waals surface area (Å²) in [6.07, 6.45) is 23.8. The highest BCUT2D eigenvalue weighted by atomic mass is 14.2. The Hall–Kier alpha value is -0.780. The molecule has 0 aliphatic heterocycles. The summed E-state index contributed by atoms with van der Waals surface area (Å²) in [5.74, 6) is 3.13. The monoisotopic (exact) mass is 340 g/mol. The van der Waals surface area contributed by atoms with Gasteiger partial charge in [-0.05, 0) is 36.2 Å². The van der Waals surface area contributed by atoms with Crippen LogP contribution in [0.3, 0.4) is 0 Å². The first kappa shape index (κ1) is 19.0. The Morgan fingerprint density at radius 1 is 0.680 bits per heavy atom. The molecule has 0 amide bonds. The summed E-state index contributed by atoms with van der Waals surface area (Å²) in [6, 6.07) is 11.2. The quantitative estimate of drug-likeness (QED) is 0.383. The van der Waals surface area contributed by atoms with E-state index in [4.69, 9.17) is 0 Å². The topological polar surface area (TPSA) is 0 Å². The highest BCUT2D eigenvalue weighted by molar-refractivity contribution is 5.14. The van der Waals surface area contributed by atoms with Gasteiger partial charge in [0.05, 0.1) is 0 Å². The minimum atomic E-state index is 0.975. The van der Waals surface area contributed by atoms with Crippen LogP contribution < -0.4 is 0 Å². The molecular formula is C25H40. The molecule has 140 valence electrons. The summed E-state index contributed by atoms with van der Waals surface area (Å²) in [4.78, 5) is 0. The molecule has 2 saturated carbocycles. The molecule has 2 aliphatic rings. The van der Waals surface area contributed by atoms with Gasteiger partial charge in [0.2, 0.25) is 0 Å². The lowest BCUT2D eigenvalue weighted by molar-refractivity contribution is 0.350. The van der Waals surface area contributed by atoms with Gasteiger partial charge < -0.3 is 0 Å². The van der Waals surface area contributed by atoms with E-state index in [9.17, 15) is 0 Å². The molecule has 0 heteroatoms. The molecule has 0 heterocycles. The van der Waals surface area contributed by atoms with Crippen molar-refractivity contribution < 1.29 is 0 Å². The first-order valence-corrected chi connectivity index (χ1v) is 11.4. The smallest absolute Gasteiger partial charge is 0.0276 e. The lowest BCUT2D eigenvalue weighted by Crippen LogP contribution is -2.06. The summed E-state index contributed by atoms with van der Waals surface area (Å²) < 4.78 is 0. The molecule has 0 saturated heterocycles. The second kappa shape index (κ2) is 11.0. The zero-order chi connectivity index (χ0) is 17.2. The van der Waals surface area contributed by atoms with Crippen molar-refractivity contribution in [3.05, 3.63) is 35.9 Å². The first-order valence-electron chi connectivity index (χ1n) is 11.4. The van der Waals surface area contributed by atoms with Gasteiger partial charge in [-0.2, -0.15) is 0 Å². The molecular weight excluding hydrogens is 300 g/mol. The molecule has 0 bridgehead atoms. The Bertz CT molecular complexity index is 414. The molecule has 0 radical (unpaired) electrons. The molecule has 1 aromatic carbocycles. The average molecular weight is 341 g/mol. The minimum Gasteiger partial charge on any atom is -0.0622 e. The number of hydrogen-bond acceptors (Lipinski definition) is 0. The van der Waals surface area contributed by atoms with E-state index in [0.29, 0.717) is 0 Å². The van der Waals surface area contributed by atoms with Crippen LogP contribution in [0.5, 0.6) is 0 Å². The normalized spacial score (nSPS) is 19.2. The Morgan fingerprint density at radius 3 is 1.72 bits per heavy atom. The average Bonchev–Trinajstić information content (AvgIpc) is 3.34. The van der Waals surface area contributed by atoms with Crippen molar-refractivity contribution in [1.29, 1.82) is 0 Å². The minimum absolute atomic E-state index is 0.975. The maximum Gasteiger partial charge on any atom is -0.0276 e. The lowest BCUT2D eigenvalue weighted by atomic mass is 9.87. The van der Waals surface area contributed by atoms with Crippen LogP contribution in [0.25, 0.3) is 0 Å². The van der Waals surface area contributed by atoms with Crippen LogP contribution in [0.15, 0.2) is 30.3 Å². The van der Waals surface area contributed by atoms with Crippen molar-refractivity contribution in [3.8, 4) is 0 Å². The van der Waals surface area contributed by atoms with Crippen LogP contribution in [-0.4, -0.2) is 0 Å². The van der Waals surface area contributed by atoms with Crippen LogP contribution in [-0.2, 0) is 6.42 Å². The molecule has 0 aromatic heterocycles. The molecule has 0 nitrogen and oxygen atoms in total. The van der Waals surface area contributed by atoms with Crippen molar-refractivity contribution in [2.75, 3.05) is 0 Å². The van der Waals surface area contributed by atoms with Gasteiger partial charge in [-0.15, -0.1) is 0 Å². The molecule has 2 aliphatic carbocycles. The summed E-state index contributed by atoms with van der Waals surface area (Å²) in [7, 11) is 0. The number of aryl methyl sites for hydroxylation is 1. The van der Waals surface area contributed by atoms with Gasteiger partial charge in [0.1, 0.15) is 0 Å². The van der Waals surface area contributed by atoms with Gasteiger partial charge in [-0.25, -0.2) is 0 Å². The van der Waals surface area contributed by atoms with Crippen LogP contribution in [0.4, 0.5) is 0 Å². The molecule has 25 heavy (non-hydrogen) atoms. The van der Waals surface area contributed by atoms with E-state index in [2.05, 4.69) is 30.3 Å². The lowest BCUT2D eigenvalue weighted by Gasteiger charge is -2.19. The third kappa shape index (κ3) is 7.16. The summed E-state index contributed by atoms with van der Waals surface area (Å²) >= 11 is 0. The van der Waals surface area contributed by atoms with Crippen LogP contribution in [0.2, 0.25) is 0 Å². The van der Waals surface area contributed by atoms with Gasteiger partial charge >= 0.3 is 0 Å². The van der Waals surface area contributed by atoms with E-state index in [1.54, 1.807) is 5.56 Å². The maximum atomic E-state index is 2.31. The molecule has 0 atom stereocenters. The zero-order valence-electron chi connectivity index (χ0n) is 16.4. The standard InChI is InChI=1S/C25H40/c1-2-10-24(11-3-1)20-21-25(18-8-16-22-12-4-5-13-22)19-9-17-23-14-6-7-15-23/h1-3,10-11,22-23,25H,4-9,12-21H2. The second-order valence-corrected chi connectivity index (χ2v) is 9.05. The predicted octanol–water partition coefficient (Wildman–Crippen LogP) is 7.96. The highest BCUT2D eigenvalue weighted by Gasteiger charge is 2.18. The van der Waals surface area contributed by atoms with E-state index in [-0.39, 0.29) is 0 Å². The first-order chi connectivity index (χ1) is 12.4. The van der Waals surface area contributed by atoms with Crippen molar-refractivity contribution in [2.45, 2.75) is 103 Å². The Labute approximate surface area is 156 Å². The fourth-order valence-electron chi connectivity index (χ4n) is 5.44. The maximum absolute atomic E-state index is 2.31. The van der Waals surface area contributed by atoms with E-state index in [1.165, 1.54) is 103 Å². The fraction of sp³-hybridized carbons (Fsp3) is 0.760. The van der Waals surface area contributed by atoms with Crippen molar-refractivity contribution >= 4 is 0 Å². The third-order valence-electron chi connectivity index (χ3n) is 7.08. The van der Waals surface area contributed by atoms with Crippen LogP contribution in [0, 0.1) is 17.8 Å². The molecule has 0 unspecified atom stereocenters. The second-order valence-electron chi connectivity index (χ2n) is 9.05. The molecule has 3 rings (SSSR count). The number of benzene rings is 1.